The maximum atomic E-state index is 10.2. The van der Waals surface area contributed by atoms with E-state index in [0.717, 1.165) is 0 Å². The van der Waals surface area contributed by atoms with E-state index in [1.165, 1.54) is 25.9 Å². The summed E-state index contributed by atoms with van der Waals surface area (Å²) in [5, 5.41) is 17.3. The van der Waals surface area contributed by atoms with E-state index in [0.29, 0.717) is 0 Å². The Bertz CT molecular complexity index is 119. The molecule has 0 fully saturated rings. The quantitative estimate of drug-likeness (QED) is 0.491. The molecule has 0 bridgehead atoms. The summed E-state index contributed by atoms with van der Waals surface area (Å²) in [6, 6.07) is 0. The summed E-state index contributed by atoms with van der Waals surface area (Å²) < 4.78 is 0. The second kappa shape index (κ2) is 2.33. The molecule has 0 spiro atoms. The molecule has 0 saturated carbocycles. The third kappa shape index (κ3) is 1.65. The van der Waals surface area contributed by atoms with Gasteiger partial charge in [-0.1, -0.05) is 0 Å². The molecule has 0 radical (unpaired) electrons. The Morgan fingerprint density at radius 1 is 1.56 bits per heavy atom. The first-order valence-corrected chi connectivity index (χ1v) is 2.52. The van der Waals surface area contributed by atoms with E-state index >= 15 is 0 Å². The molecular formula is C5H11NO3. The van der Waals surface area contributed by atoms with Crippen molar-refractivity contribution < 1.29 is 15.0 Å². The van der Waals surface area contributed by atoms with Crippen LogP contribution in [0.3, 0.4) is 0 Å². The van der Waals surface area contributed by atoms with Crippen molar-refractivity contribution >= 4 is 5.97 Å². The van der Waals surface area contributed by atoms with E-state index in [1.54, 1.807) is 0 Å². The van der Waals surface area contributed by atoms with Crippen molar-refractivity contribution in [1.29, 1.82) is 0 Å². The molecule has 1 atom stereocenters. The fraction of sp³-hybridized carbons (Fsp3) is 0.800. The standard InChI is InChI=1S/C5H11NO3/c1-5(9,4(7)8)6(2)3/h9H,1-3H3,(H,7,8). The van der Waals surface area contributed by atoms with Crippen LogP contribution < -0.4 is 0 Å². The summed E-state index contributed by atoms with van der Waals surface area (Å²) in [6.07, 6.45) is 0. The van der Waals surface area contributed by atoms with Gasteiger partial charge >= 0.3 is 5.97 Å². The van der Waals surface area contributed by atoms with E-state index in [4.69, 9.17) is 10.2 Å². The zero-order valence-electron chi connectivity index (χ0n) is 5.75. The van der Waals surface area contributed by atoms with Crippen LogP contribution in [0.2, 0.25) is 0 Å². The second-order valence-electron chi connectivity index (χ2n) is 2.22. The fourth-order valence-electron chi connectivity index (χ4n) is 0.191. The minimum atomic E-state index is -1.75. The van der Waals surface area contributed by atoms with Gasteiger partial charge in [-0.25, -0.2) is 4.79 Å². The number of carboxylic acids is 1. The first-order valence-electron chi connectivity index (χ1n) is 2.52. The summed E-state index contributed by atoms with van der Waals surface area (Å²) in [7, 11) is 2.99. The molecule has 0 aromatic rings. The van der Waals surface area contributed by atoms with Gasteiger partial charge < -0.3 is 10.2 Å². The second-order valence-corrected chi connectivity index (χ2v) is 2.22. The fourth-order valence-corrected chi connectivity index (χ4v) is 0.191. The molecule has 0 heterocycles. The molecule has 0 amide bonds. The molecule has 0 aliphatic rings. The lowest BCUT2D eigenvalue weighted by atomic mass is 10.2. The number of hydrogen-bond acceptors (Lipinski definition) is 3. The molecule has 0 aliphatic carbocycles. The molecule has 0 saturated heterocycles. The Morgan fingerprint density at radius 3 is 1.89 bits per heavy atom. The van der Waals surface area contributed by atoms with Gasteiger partial charge in [0.25, 0.3) is 0 Å². The summed E-state index contributed by atoms with van der Waals surface area (Å²) >= 11 is 0. The lowest BCUT2D eigenvalue weighted by Crippen LogP contribution is -2.48. The van der Waals surface area contributed by atoms with Gasteiger partial charge in [-0.05, 0) is 21.0 Å². The zero-order valence-corrected chi connectivity index (χ0v) is 5.75. The number of likely N-dealkylation sites (N-methyl/N-ethyl adjacent to an activating group) is 1. The lowest BCUT2D eigenvalue weighted by Gasteiger charge is -2.25. The Kier molecular flexibility index (Phi) is 2.17. The van der Waals surface area contributed by atoms with Crippen LogP contribution in [0, 0.1) is 0 Å². The zero-order chi connectivity index (χ0) is 7.65. The number of carbonyl (C=O) groups is 1. The normalized spacial score (nSPS) is 17.4. The predicted molar refractivity (Wildman–Crippen MR) is 31.9 cm³/mol. The summed E-state index contributed by atoms with van der Waals surface area (Å²) in [5.41, 5.74) is -1.75. The lowest BCUT2D eigenvalue weighted by molar-refractivity contribution is -0.173. The van der Waals surface area contributed by atoms with Crippen LogP contribution in [0.15, 0.2) is 0 Å². The van der Waals surface area contributed by atoms with Crippen LogP contribution in [0.1, 0.15) is 6.92 Å². The van der Waals surface area contributed by atoms with Crippen molar-refractivity contribution in [3.8, 4) is 0 Å². The highest BCUT2D eigenvalue weighted by molar-refractivity contribution is 5.75. The number of nitrogens with zero attached hydrogens (tertiary/aromatic N) is 1. The van der Waals surface area contributed by atoms with Gasteiger partial charge in [0, 0.05) is 0 Å². The largest absolute Gasteiger partial charge is 0.478 e. The van der Waals surface area contributed by atoms with Gasteiger partial charge in [-0.15, -0.1) is 0 Å². The SMILES string of the molecule is CN(C)C(C)(O)C(=O)O. The Hall–Kier alpha value is -0.610. The third-order valence-electron chi connectivity index (χ3n) is 1.28. The average Bonchev–Trinajstić information content (AvgIpc) is 1.65. The number of aliphatic carboxylic acids is 1. The van der Waals surface area contributed by atoms with Crippen LogP contribution in [-0.4, -0.2) is 40.9 Å². The van der Waals surface area contributed by atoms with Crippen molar-refractivity contribution in [2.75, 3.05) is 14.1 Å². The van der Waals surface area contributed by atoms with Gasteiger partial charge in [0.05, 0.1) is 0 Å². The van der Waals surface area contributed by atoms with E-state index in [9.17, 15) is 4.79 Å². The van der Waals surface area contributed by atoms with Crippen molar-refractivity contribution in [2.24, 2.45) is 0 Å². The molecule has 4 nitrogen and oxygen atoms in total. The molecule has 4 heteroatoms. The number of carboxylic acid groups (broad SMARTS) is 1. The Morgan fingerprint density at radius 2 is 1.89 bits per heavy atom. The number of aliphatic hydroxyl groups is 1. The van der Waals surface area contributed by atoms with E-state index in [1.807, 2.05) is 0 Å². The predicted octanol–water partition coefficient (Wildman–Crippen LogP) is -0.659. The molecular weight excluding hydrogens is 122 g/mol. The topological polar surface area (TPSA) is 60.8 Å². The van der Waals surface area contributed by atoms with Crippen molar-refractivity contribution in [1.82, 2.24) is 4.90 Å². The maximum Gasteiger partial charge on any atom is 0.351 e. The monoisotopic (exact) mass is 133 g/mol. The molecule has 0 aromatic heterocycles. The molecule has 0 rings (SSSR count). The third-order valence-corrected chi connectivity index (χ3v) is 1.28. The highest BCUT2D eigenvalue weighted by Crippen LogP contribution is 2.04. The van der Waals surface area contributed by atoms with Gasteiger partial charge in [0.15, 0.2) is 0 Å². The van der Waals surface area contributed by atoms with Crippen LogP contribution in [-0.2, 0) is 4.79 Å². The van der Waals surface area contributed by atoms with Gasteiger partial charge in [0.2, 0.25) is 5.72 Å². The van der Waals surface area contributed by atoms with Crippen molar-refractivity contribution in [3.05, 3.63) is 0 Å². The van der Waals surface area contributed by atoms with E-state index in [-0.39, 0.29) is 0 Å². The summed E-state index contributed by atoms with van der Waals surface area (Å²) in [5.74, 6) is -1.24. The molecule has 9 heavy (non-hydrogen) atoms. The number of rotatable bonds is 2. The van der Waals surface area contributed by atoms with Gasteiger partial charge in [-0.2, -0.15) is 0 Å². The van der Waals surface area contributed by atoms with Gasteiger partial charge in [0.1, 0.15) is 0 Å². The van der Waals surface area contributed by atoms with Crippen LogP contribution in [0.5, 0.6) is 0 Å². The maximum absolute atomic E-state index is 10.2. The first-order chi connectivity index (χ1) is 3.89. The number of hydrogen-bond donors (Lipinski definition) is 2. The van der Waals surface area contributed by atoms with Crippen molar-refractivity contribution in [2.45, 2.75) is 12.6 Å². The highest BCUT2D eigenvalue weighted by atomic mass is 16.4. The average molecular weight is 133 g/mol. The van der Waals surface area contributed by atoms with Crippen molar-refractivity contribution in [3.63, 3.8) is 0 Å². The molecule has 54 valence electrons. The molecule has 1 unspecified atom stereocenters. The molecule has 2 N–H and O–H groups in total. The highest BCUT2D eigenvalue weighted by Gasteiger charge is 2.31. The molecule has 0 aliphatic heterocycles. The molecule has 0 aromatic carbocycles. The van der Waals surface area contributed by atoms with E-state index in [2.05, 4.69) is 0 Å². The van der Waals surface area contributed by atoms with Crippen LogP contribution >= 0.6 is 0 Å². The Labute approximate surface area is 53.7 Å². The minimum Gasteiger partial charge on any atom is -0.478 e. The first kappa shape index (κ1) is 8.39. The van der Waals surface area contributed by atoms with E-state index < -0.39 is 11.7 Å². The van der Waals surface area contributed by atoms with Crippen LogP contribution in [0.4, 0.5) is 0 Å². The summed E-state index contributed by atoms with van der Waals surface area (Å²) in [6.45, 7) is 1.22. The smallest absolute Gasteiger partial charge is 0.351 e. The van der Waals surface area contributed by atoms with Gasteiger partial charge in [-0.3, -0.25) is 4.90 Å². The van der Waals surface area contributed by atoms with Crippen LogP contribution in [0.25, 0.3) is 0 Å². The summed E-state index contributed by atoms with van der Waals surface area (Å²) in [4.78, 5) is 11.4. The minimum absolute atomic E-state index is 1.22. The Balaban J connectivity index is 4.19.